The molecule has 2 fully saturated rings. The molecule has 1 aliphatic carbocycles. The SMILES string of the molecule is CC1(C)CCC(O)CN1C(=O)CCC1CCC1. The molecule has 2 aliphatic rings. The van der Waals surface area contributed by atoms with Crippen molar-refractivity contribution >= 4 is 5.91 Å². The number of rotatable bonds is 3. The first kappa shape index (κ1) is 12.9. The maximum Gasteiger partial charge on any atom is 0.223 e. The highest BCUT2D eigenvalue weighted by atomic mass is 16.3. The topological polar surface area (TPSA) is 40.5 Å². The predicted octanol–water partition coefficient (Wildman–Crippen LogP) is 2.33. The molecule has 1 saturated carbocycles. The molecule has 1 unspecified atom stereocenters. The molecule has 98 valence electrons. The number of piperidine rings is 1. The number of β-amino-alcohol motifs (C(OH)–C–C–N with tert-alkyl or cyclic N) is 1. The molecule has 1 heterocycles. The van der Waals surface area contributed by atoms with Crippen molar-refractivity contribution in [3.8, 4) is 0 Å². The third kappa shape index (κ3) is 3.01. The predicted molar refractivity (Wildman–Crippen MR) is 67.6 cm³/mol. The Balaban J connectivity index is 1.86. The van der Waals surface area contributed by atoms with Gasteiger partial charge in [0.1, 0.15) is 0 Å². The molecule has 0 aromatic carbocycles. The molecular formula is C14H25NO2. The number of carbonyl (C=O) groups is 1. The normalized spacial score (nSPS) is 28.9. The zero-order valence-corrected chi connectivity index (χ0v) is 11.1. The average Bonchev–Trinajstić information content (AvgIpc) is 2.19. The van der Waals surface area contributed by atoms with Gasteiger partial charge in [-0.2, -0.15) is 0 Å². The molecule has 1 amide bonds. The Morgan fingerprint density at radius 2 is 2.06 bits per heavy atom. The summed E-state index contributed by atoms with van der Waals surface area (Å²) in [6.07, 6.45) is 7.06. The molecule has 1 atom stereocenters. The third-order valence-corrected chi connectivity index (χ3v) is 4.51. The molecule has 1 N–H and O–H groups in total. The van der Waals surface area contributed by atoms with Gasteiger partial charge in [0, 0.05) is 18.5 Å². The summed E-state index contributed by atoms with van der Waals surface area (Å²) >= 11 is 0. The first-order chi connectivity index (χ1) is 7.99. The molecule has 3 nitrogen and oxygen atoms in total. The highest BCUT2D eigenvalue weighted by molar-refractivity contribution is 5.77. The smallest absolute Gasteiger partial charge is 0.223 e. The molecule has 17 heavy (non-hydrogen) atoms. The molecule has 0 aromatic rings. The van der Waals surface area contributed by atoms with Gasteiger partial charge >= 0.3 is 0 Å². The summed E-state index contributed by atoms with van der Waals surface area (Å²) in [6.45, 7) is 4.75. The lowest BCUT2D eigenvalue weighted by Crippen LogP contribution is -2.54. The monoisotopic (exact) mass is 239 g/mol. The molecule has 0 aromatic heterocycles. The van der Waals surface area contributed by atoms with Gasteiger partial charge in [-0.15, -0.1) is 0 Å². The summed E-state index contributed by atoms with van der Waals surface area (Å²) in [5.74, 6) is 1.03. The number of likely N-dealkylation sites (tertiary alicyclic amines) is 1. The van der Waals surface area contributed by atoms with Crippen LogP contribution in [0, 0.1) is 5.92 Å². The van der Waals surface area contributed by atoms with Crippen LogP contribution in [-0.2, 0) is 4.79 Å². The van der Waals surface area contributed by atoms with Crippen LogP contribution in [0.1, 0.15) is 58.8 Å². The zero-order chi connectivity index (χ0) is 12.5. The minimum atomic E-state index is -0.323. The van der Waals surface area contributed by atoms with E-state index in [1.165, 1.54) is 19.3 Å². The number of hydrogen-bond acceptors (Lipinski definition) is 2. The van der Waals surface area contributed by atoms with Gasteiger partial charge in [-0.05, 0) is 39.0 Å². The van der Waals surface area contributed by atoms with E-state index in [1.807, 2.05) is 4.90 Å². The molecule has 1 aliphatic heterocycles. The summed E-state index contributed by atoms with van der Waals surface area (Å²) in [5, 5.41) is 9.70. The van der Waals surface area contributed by atoms with E-state index >= 15 is 0 Å². The lowest BCUT2D eigenvalue weighted by atomic mass is 9.81. The van der Waals surface area contributed by atoms with Crippen LogP contribution in [0.3, 0.4) is 0 Å². The van der Waals surface area contributed by atoms with Gasteiger partial charge in [0.15, 0.2) is 0 Å². The van der Waals surface area contributed by atoms with Crippen LogP contribution >= 0.6 is 0 Å². The molecule has 0 radical (unpaired) electrons. The van der Waals surface area contributed by atoms with E-state index in [2.05, 4.69) is 13.8 Å². The number of aliphatic hydroxyl groups is 1. The quantitative estimate of drug-likeness (QED) is 0.821. The Morgan fingerprint density at radius 1 is 1.35 bits per heavy atom. The maximum atomic E-state index is 12.2. The van der Waals surface area contributed by atoms with E-state index in [-0.39, 0.29) is 17.6 Å². The van der Waals surface area contributed by atoms with E-state index in [4.69, 9.17) is 0 Å². The van der Waals surface area contributed by atoms with Gasteiger partial charge in [-0.3, -0.25) is 4.79 Å². The summed E-state index contributed by atoms with van der Waals surface area (Å²) < 4.78 is 0. The standard InChI is InChI=1S/C14H25NO2/c1-14(2)9-8-12(16)10-15(14)13(17)7-6-11-4-3-5-11/h11-12,16H,3-10H2,1-2H3. The van der Waals surface area contributed by atoms with Crippen LogP contribution in [0.5, 0.6) is 0 Å². The molecule has 3 heteroatoms. The van der Waals surface area contributed by atoms with Crippen molar-refractivity contribution in [2.24, 2.45) is 5.92 Å². The van der Waals surface area contributed by atoms with Crippen molar-refractivity contribution in [2.75, 3.05) is 6.54 Å². The Kier molecular flexibility index (Phi) is 3.76. The second-order valence-corrected chi connectivity index (χ2v) is 6.34. The summed E-state index contributed by atoms with van der Waals surface area (Å²) in [6, 6.07) is 0. The first-order valence-corrected chi connectivity index (χ1v) is 6.97. The van der Waals surface area contributed by atoms with Crippen molar-refractivity contribution in [3.05, 3.63) is 0 Å². The van der Waals surface area contributed by atoms with E-state index in [0.29, 0.717) is 13.0 Å². The first-order valence-electron chi connectivity index (χ1n) is 6.97. The highest BCUT2D eigenvalue weighted by Crippen LogP contribution is 2.32. The molecule has 0 spiro atoms. The van der Waals surface area contributed by atoms with Gasteiger partial charge < -0.3 is 10.0 Å². The number of aliphatic hydroxyl groups excluding tert-OH is 1. The Labute approximate surface area is 104 Å². The maximum absolute atomic E-state index is 12.2. The van der Waals surface area contributed by atoms with E-state index < -0.39 is 0 Å². The van der Waals surface area contributed by atoms with Crippen molar-refractivity contribution in [1.29, 1.82) is 0 Å². The lowest BCUT2D eigenvalue weighted by molar-refractivity contribution is -0.142. The van der Waals surface area contributed by atoms with E-state index in [0.717, 1.165) is 25.2 Å². The molecule has 2 rings (SSSR count). The number of hydrogen-bond donors (Lipinski definition) is 1. The molecule has 1 saturated heterocycles. The minimum Gasteiger partial charge on any atom is -0.391 e. The van der Waals surface area contributed by atoms with Crippen molar-refractivity contribution < 1.29 is 9.90 Å². The largest absolute Gasteiger partial charge is 0.391 e. The van der Waals surface area contributed by atoms with Crippen LogP contribution < -0.4 is 0 Å². The van der Waals surface area contributed by atoms with Crippen LogP contribution in [0.15, 0.2) is 0 Å². The fourth-order valence-electron chi connectivity index (χ4n) is 2.89. The minimum absolute atomic E-state index is 0.0735. The van der Waals surface area contributed by atoms with Gasteiger partial charge in [-0.25, -0.2) is 0 Å². The second kappa shape index (κ2) is 4.97. The van der Waals surface area contributed by atoms with Crippen LogP contribution in [0.4, 0.5) is 0 Å². The summed E-state index contributed by atoms with van der Waals surface area (Å²) in [4.78, 5) is 14.1. The van der Waals surface area contributed by atoms with Gasteiger partial charge in [0.05, 0.1) is 6.10 Å². The lowest BCUT2D eigenvalue weighted by Gasteiger charge is -2.44. The van der Waals surface area contributed by atoms with Crippen molar-refractivity contribution in [1.82, 2.24) is 4.90 Å². The summed E-state index contributed by atoms with van der Waals surface area (Å²) in [7, 11) is 0. The van der Waals surface area contributed by atoms with Gasteiger partial charge in [0.25, 0.3) is 0 Å². The second-order valence-electron chi connectivity index (χ2n) is 6.34. The van der Waals surface area contributed by atoms with Crippen molar-refractivity contribution in [3.63, 3.8) is 0 Å². The van der Waals surface area contributed by atoms with E-state index in [9.17, 15) is 9.90 Å². The van der Waals surface area contributed by atoms with Crippen LogP contribution in [0.25, 0.3) is 0 Å². The number of carbonyl (C=O) groups excluding carboxylic acids is 1. The molecule has 0 bridgehead atoms. The van der Waals surface area contributed by atoms with Crippen LogP contribution in [-0.4, -0.2) is 34.1 Å². The number of nitrogens with zero attached hydrogens (tertiary/aromatic N) is 1. The fourth-order valence-corrected chi connectivity index (χ4v) is 2.89. The van der Waals surface area contributed by atoms with Crippen molar-refractivity contribution in [2.45, 2.75) is 70.4 Å². The van der Waals surface area contributed by atoms with Crippen LogP contribution in [0.2, 0.25) is 0 Å². The van der Waals surface area contributed by atoms with Gasteiger partial charge in [0.2, 0.25) is 5.91 Å². The van der Waals surface area contributed by atoms with Gasteiger partial charge in [-0.1, -0.05) is 19.3 Å². The third-order valence-electron chi connectivity index (χ3n) is 4.51. The average molecular weight is 239 g/mol. The Morgan fingerprint density at radius 3 is 2.65 bits per heavy atom. The Bertz CT molecular complexity index is 284. The number of amides is 1. The summed E-state index contributed by atoms with van der Waals surface area (Å²) in [5.41, 5.74) is -0.0735. The fraction of sp³-hybridized carbons (Fsp3) is 0.929. The zero-order valence-electron chi connectivity index (χ0n) is 11.1. The Hall–Kier alpha value is -0.570. The molecular weight excluding hydrogens is 214 g/mol. The highest BCUT2D eigenvalue weighted by Gasteiger charge is 2.36. The van der Waals surface area contributed by atoms with E-state index in [1.54, 1.807) is 0 Å².